The summed E-state index contributed by atoms with van der Waals surface area (Å²) in [5.74, 6) is 0. The van der Waals surface area contributed by atoms with E-state index in [-0.39, 0.29) is 13.2 Å². The van der Waals surface area contributed by atoms with Gasteiger partial charge in [0.1, 0.15) is 6.10 Å². The molecule has 0 saturated carbocycles. The highest BCUT2D eigenvalue weighted by molar-refractivity contribution is 6.92. The van der Waals surface area contributed by atoms with Crippen LogP contribution in [0.1, 0.15) is 26.2 Å². The molecule has 0 heterocycles. The van der Waals surface area contributed by atoms with Crippen LogP contribution in [0.4, 0.5) is 0 Å². The molecule has 242 valence electrons. The lowest BCUT2D eigenvalue weighted by Gasteiger charge is -2.46. The topological polar surface area (TPSA) is 105 Å². The minimum absolute atomic E-state index is 0.103. The van der Waals surface area contributed by atoms with E-state index in [1.54, 1.807) is 0 Å². The molecule has 16 heteroatoms. The molecule has 0 aliphatic rings. The number of aliphatic hydroxyl groups excluding tert-OH is 2. The zero-order valence-corrected chi connectivity index (χ0v) is 35.5. The predicted molar refractivity (Wildman–Crippen MR) is 182 cm³/mol. The molecule has 0 aromatic carbocycles. The van der Waals surface area contributed by atoms with Gasteiger partial charge in [-0.1, -0.05) is 19.8 Å². The van der Waals surface area contributed by atoms with Crippen molar-refractivity contribution in [3.63, 3.8) is 0 Å². The van der Waals surface area contributed by atoms with Gasteiger partial charge in [0.05, 0.1) is 13.2 Å². The van der Waals surface area contributed by atoms with Gasteiger partial charge in [-0.15, -0.1) is 0 Å². The monoisotopic (exact) mass is 692 g/mol. The molecule has 3 atom stereocenters. The molecule has 0 saturated heterocycles. The van der Waals surface area contributed by atoms with Gasteiger partial charge >= 0.3 is 34.5 Å². The van der Waals surface area contributed by atoms with Crippen molar-refractivity contribution in [2.75, 3.05) is 19.8 Å². The van der Waals surface area contributed by atoms with E-state index in [9.17, 15) is 5.11 Å². The molecular formula is C24H64O9Si7. The first-order chi connectivity index (χ1) is 17.8. The minimum atomic E-state index is -3.32. The summed E-state index contributed by atoms with van der Waals surface area (Å²) in [7, 11) is -17.2. The number of rotatable bonds is 22. The number of hydrogen-bond acceptors (Lipinski definition) is 9. The van der Waals surface area contributed by atoms with Crippen molar-refractivity contribution in [1.82, 2.24) is 0 Å². The van der Waals surface area contributed by atoms with Crippen LogP contribution in [0.3, 0.4) is 0 Å². The third-order valence-electron chi connectivity index (χ3n) is 5.43. The second-order valence-electron chi connectivity index (χ2n) is 14.5. The summed E-state index contributed by atoms with van der Waals surface area (Å²) in [4.78, 5) is 0. The Hall–Kier alpha value is 1.16. The second-order valence-corrected chi connectivity index (χ2v) is 42.0. The van der Waals surface area contributed by atoms with E-state index in [1.165, 1.54) is 0 Å². The molecule has 0 aromatic heterocycles. The summed E-state index contributed by atoms with van der Waals surface area (Å²) >= 11 is 0. The van der Waals surface area contributed by atoms with Crippen LogP contribution in [-0.2, 0) is 29.4 Å². The molecule has 0 aromatic rings. The molecule has 0 spiro atoms. The molecule has 0 aliphatic carbocycles. The Morgan fingerprint density at radius 1 is 0.600 bits per heavy atom. The Morgan fingerprint density at radius 2 is 1.10 bits per heavy atom. The molecule has 0 radical (unpaired) electrons. The van der Waals surface area contributed by atoms with Crippen LogP contribution in [0.15, 0.2) is 0 Å². The van der Waals surface area contributed by atoms with Crippen LogP contribution in [0.25, 0.3) is 0 Å². The third-order valence-corrected chi connectivity index (χ3v) is 31.1. The van der Waals surface area contributed by atoms with Crippen LogP contribution < -0.4 is 0 Å². The molecule has 0 fully saturated rings. The predicted octanol–water partition coefficient (Wildman–Crippen LogP) is 6.57. The van der Waals surface area contributed by atoms with Gasteiger partial charge in [0.2, 0.25) is 0 Å². The highest BCUT2D eigenvalue weighted by Gasteiger charge is 2.54. The van der Waals surface area contributed by atoms with Crippen molar-refractivity contribution < 1.29 is 39.6 Å². The maximum atomic E-state index is 9.60. The van der Waals surface area contributed by atoms with E-state index >= 15 is 0 Å². The highest BCUT2D eigenvalue weighted by atomic mass is 28.5. The van der Waals surface area contributed by atoms with Gasteiger partial charge < -0.3 is 39.6 Å². The fourth-order valence-corrected chi connectivity index (χ4v) is 38.1. The summed E-state index contributed by atoms with van der Waals surface area (Å²) in [6, 6.07) is 1.79. The largest absolute Gasteiger partial charge is 0.470 e. The van der Waals surface area contributed by atoms with E-state index in [0.717, 1.165) is 18.9 Å². The Kier molecular flexibility index (Phi) is 16.9. The molecular weight excluding hydrogens is 629 g/mol. The van der Waals surface area contributed by atoms with E-state index < -0.39 is 65.5 Å². The number of aliphatic hydroxyl groups is 2. The maximum Gasteiger partial charge on any atom is 0.470 e. The van der Waals surface area contributed by atoms with Crippen LogP contribution in [0.5, 0.6) is 0 Å². The molecule has 3 unspecified atom stereocenters. The number of unbranched alkanes of at least 4 members (excludes halogenated alkanes) is 1. The van der Waals surface area contributed by atoms with Crippen LogP contribution in [0.2, 0.25) is 104 Å². The van der Waals surface area contributed by atoms with Gasteiger partial charge in [0.15, 0.2) is 25.0 Å². The molecule has 0 amide bonds. The summed E-state index contributed by atoms with van der Waals surface area (Å²) in [5.41, 5.74) is 0. The lowest BCUT2D eigenvalue weighted by atomic mass is 10.4. The number of hydrogen-bond donors (Lipinski definition) is 2. The van der Waals surface area contributed by atoms with Crippen molar-refractivity contribution in [1.29, 1.82) is 0 Å². The van der Waals surface area contributed by atoms with E-state index in [1.807, 2.05) is 6.55 Å². The molecule has 0 aliphatic heterocycles. The summed E-state index contributed by atoms with van der Waals surface area (Å²) in [6.45, 7) is 32.5. The highest BCUT2D eigenvalue weighted by Crippen LogP contribution is 2.33. The van der Waals surface area contributed by atoms with Gasteiger partial charge in [0, 0.05) is 13.2 Å². The first kappa shape index (κ1) is 41.2. The smallest absolute Gasteiger partial charge is 0.437 e. The van der Waals surface area contributed by atoms with Crippen molar-refractivity contribution in [2.24, 2.45) is 0 Å². The van der Waals surface area contributed by atoms with Gasteiger partial charge in [0.25, 0.3) is 0 Å². The quantitative estimate of drug-likeness (QED) is 0.0964. The Labute approximate surface area is 254 Å². The van der Waals surface area contributed by atoms with Crippen molar-refractivity contribution >= 4 is 59.4 Å². The Morgan fingerprint density at radius 3 is 1.55 bits per heavy atom. The van der Waals surface area contributed by atoms with Gasteiger partial charge in [-0.3, -0.25) is 0 Å². The van der Waals surface area contributed by atoms with Crippen LogP contribution >= 0.6 is 0 Å². The first-order valence-corrected chi connectivity index (χ1v) is 35.1. The molecule has 0 rings (SSSR count). The lowest BCUT2D eigenvalue weighted by molar-refractivity contribution is 0.00620. The van der Waals surface area contributed by atoms with Crippen LogP contribution in [-0.4, -0.2) is 95.6 Å². The standard InChI is InChI=1S/C24H64O9Si7/c1-16-17-20-36(8,9)30-38(12,13)32-40(15,31-37(10,11)28-34(2,3)4)33-39(14,29-35(5,6)7)21-18-19-27-23-24(26)22-25/h24-26H,16-23H2,1-15H3. The SMILES string of the molecule is CCCC[Si](C)(C)O[Si](C)(C)O[Si](C)(O[Si](C)(C)O[Si](C)(C)C)O[Si](C)(CCCOCC(O)CO)O[Si](C)(C)C. The fourth-order valence-electron chi connectivity index (χ4n) is 4.98. The molecule has 2 N–H and O–H groups in total. The van der Waals surface area contributed by atoms with E-state index in [0.29, 0.717) is 19.1 Å². The summed E-state index contributed by atoms with van der Waals surface area (Å²) < 4.78 is 46.8. The molecule has 9 nitrogen and oxygen atoms in total. The van der Waals surface area contributed by atoms with Crippen molar-refractivity contribution in [2.45, 2.75) is 136 Å². The zero-order chi connectivity index (χ0) is 31.7. The minimum Gasteiger partial charge on any atom is -0.437 e. The average Bonchev–Trinajstić information content (AvgIpc) is 2.65. The van der Waals surface area contributed by atoms with E-state index in [4.69, 9.17) is 34.5 Å². The van der Waals surface area contributed by atoms with E-state index in [2.05, 4.69) is 92.0 Å². The third kappa shape index (κ3) is 20.2. The van der Waals surface area contributed by atoms with Crippen LogP contribution in [0, 0.1) is 0 Å². The zero-order valence-electron chi connectivity index (χ0n) is 28.5. The van der Waals surface area contributed by atoms with Crippen molar-refractivity contribution in [3.05, 3.63) is 0 Å². The van der Waals surface area contributed by atoms with Gasteiger partial charge in [-0.25, -0.2) is 0 Å². The molecule has 0 bridgehead atoms. The normalized spacial score (nSPS) is 17.9. The number of ether oxygens (including phenoxy) is 1. The summed E-state index contributed by atoms with van der Waals surface area (Å²) in [5, 5.41) is 18.7. The molecule has 40 heavy (non-hydrogen) atoms. The second kappa shape index (κ2) is 16.5. The van der Waals surface area contributed by atoms with Gasteiger partial charge in [-0.2, -0.15) is 0 Å². The Balaban J connectivity index is 6.16. The van der Waals surface area contributed by atoms with Crippen molar-refractivity contribution in [3.8, 4) is 0 Å². The Bertz CT molecular complexity index is 732. The average molecular weight is 693 g/mol. The summed E-state index contributed by atoms with van der Waals surface area (Å²) in [6.07, 6.45) is 2.14. The lowest BCUT2D eigenvalue weighted by Crippen LogP contribution is -2.65. The maximum absolute atomic E-state index is 9.60. The van der Waals surface area contributed by atoms with Gasteiger partial charge in [-0.05, 0) is 104 Å². The first-order valence-electron chi connectivity index (χ1n) is 14.8. The fraction of sp³-hybridized carbons (Fsp3) is 1.00.